The second kappa shape index (κ2) is 6.69. The maximum absolute atomic E-state index is 4.59. The average Bonchev–Trinajstić information content (AvgIpc) is 2.81. The first kappa shape index (κ1) is 14.8. The van der Waals surface area contributed by atoms with E-state index in [0.29, 0.717) is 0 Å². The molecule has 0 radical (unpaired) electrons. The molecule has 7 heteroatoms. The van der Waals surface area contributed by atoms with Crippen LogP contribution < -0.4 is 5.32 Å². The molecular weight excluding hydrogens is 272 g/mol. The largest absolute Gasteiger partial charge is 0.370 e. The van der Waals surface area contributed by atoms with Gasteiger partial charge in [0.1, 0.15) is 23.0 Å². The fraction of sp³-hybridized carbons (Fsp3) is 0.538. The van der Waals surface area contributed by atoms with E-state index in [1.165, 1.54) is 11.8 Å². The Hall–Kier alpha value is -1.63. The Bertz CT molecular complexity index is 566. The molecule has 2 aromatic heterocycles. The lowest BCUT2D eigenvalue weighted by Gasteiger charge is -2.10. The predicted octanol–water partition coefficient (Wildman–Crippen LogP) is 2.70. The quantitative estimate of drug-likeness (QED) is 0.826. The van der Waals surface area contributed by atoms with Crippen LogP contribution in [-0.2, 0) is 7.05 Å². The highest BCUT2D eigenvalue weighted by atomic mass is 32.2. The van der Waals surface area contributed by atoms with Crippen LogP contribution in [0.15, 0.2) is 22.6 Å². The first-order valence-electron chi connectivity index (χ1n) is 6.74. The second-order valence-corrected chi connectivity index (χ2v) is 5.79. The van der Waals surface area contributed by atoms with Gasteiger partial charge in [0.05, 0.1) is 0 Å². The van der Waals surface area contributed by atoms with Crippen LogP contribution in [-0.4, -0.2) is 31.3 Å². The number of hydrogen-bond acceptors (Lipinski definition) is 6. The van der Waals surface area contributed by atoms with Gasteiger partial charge in [-0.15, -0.1) is 0 Å². The van der Waals surface area contributed by atoms with Crippen LogP contribution in [0.3, 0.4) is 0 Å². The van der Waals surface area contributed by atoms with Crippen molar-refractivity contribution >= 4 is 17.6 Å². The molecular formula is C13H20N6S. The van der Waals surface area contributed by atoms with Crippen molar-refractivity contribution in [3.8, 4) is 0 Å². The average molecular weight is 292 g/mol. The molecule has 0 fully saturated rings. The Morgan fingerprint density at radius 3 is 2.75 bits per heavy atom. The van der Waals surface area contributed by atoms with E-state index in [2.05, 4.69) is 46.1 Å². The summed E-state index contributed by atoms with van der Waals surface area (Å²) in [6, 6.07) is 1.96. The molecule has 2 rings (SSSR count). The van der Waals surface area contributed by atoms with Crippen molar-refractivity contribution in [3.63, 3.8) is 0 Å². The maximum Gasteiger partial charge on any atom is 0.192 e. The molecule has 0 bridgehead atoms. The van der Waals surface area contributed by atoms with Crippen molar-refractivity contribution in [3.05, 3.63) is 18.2 Å². The molecule has 20 heavy (non-hydrogen) atoms. The summed E-state index contributed by atoms with van der Waals surface area (Å²) in [6.07, 6.45) is 2.61. The molecule has 0 atom stereocenters. The number of aryl methyl sites for hydroxylation is 1. The summed E-state index contributed by atoms with van der Waals surface area (Å²) >= 11 is 1.50. The standard InChI is InChI=1S/C13H20N6S/c1-5-6-14-10-7-11(18-12(17-10)9(2)3)20-13-15-8-16-19(13)4/h7-9H,5-6H2,1-4H3,(H,14,17,18). The van der Waals surface area contributed by atoms with Crippen LogP contribution in [0.2, 0.25) is 0 Å². The lowest BCUT2D eigenvalue weighted by molar-refractivity contribution is 0.683. The first-order valence-corrected chi connectivity index (χ1v) is 7.56. The molecule has 0 spiro atoms. The minimum Gasteiger partial charge on any atom is -0.370 e. The van der Waals surface area contributed by atoms with Gasteiger partial charge in [-0.05, 0) is 18.2 Å². The maximum atomic E-state index is 4.59. The van der Waals surface area contributed by atoms with Crippen LogP contribution in [0, 0.1) is 0 Å². The molecule has 0 aromatic carbocycles. The summed E-state index contributed by atoms with van der Waals surface area (Å²) in [5.41, 5.74) is 0. The lowest BCUT2D eigenvalue weighted by Crippen LogP contribution is -2.07. The van der Waals surface area contributed by atoms with Gasteiger partial charge in [-0.1, -0.05) is 20.8 Å². The van der Waals surface area contributed by atoms with Crippen molar-refractivity contribution in [2.24, 2.45) is 7.05 Å². The molecule has 0 unspecified atom stereocenters. The zero-order valence-corrected chi connectivity index (χ0v) is 13.1. The Morgan fingerprint density at radius 2 is 2.15 bits per heavy atom. The van der Waals surface area contributed by atoms with E-state index >= 15 is 0 Å². The predicted molar refractivity (Wildman–Crippen MR) is 80.0 cm³/mol. The van der Waals surface area contributed by atoms with Gasteiger partial charge < -0.3 is 5.32 Å². The number of rotatable bonds is 6. The van der Waals surface area contributed by atoms with Gasteiger partial charge in [-0.2, -0.15) is 5.10 Å². The van der Waals surface area contributed by atoms with Crippen LogP contribution in [0.5, 0.6) is 0 Å². The molecule has 0 aliphatic carbocycles. The monoisotopic (exact) mass is 292 g/mol. The van der Waals surface area contributed by atoms with Gasteiger partial charge >= 0.3 is 0 Å². The van der Waals surface area contributed by atoms with Crippen molar-refractivity contribution in [1.82, 2.24) is 24.7 Å². The minimum atomic E-state index is 0.289. The highest BCUT2D eigenvalue weighted by molar-refractivity contribution is 7.99. The van der Waals surface area contributed by atoms with E-state index in [-0.39, 0.29) is 5.92 Å². The third kappa shape index (κ3) is 3.69. The van der Waals surface area contributed by atoms with Crippen molar-refractivity contribution in [1.29, 1.82) is 0 Å². The molecule has 6 nitrogen and oxygen atoms in total. The molecule has 0 saturated carbocycles. The normalized spacial score (nSPS) is 11.1. The van der Waals surface area contributed by atoms with Crippen molar-refractivity contribution in [2.75, 3.05) is 11.9 Å². The van der Waals surface area contributed by atoms with Crippen molar-refractivity contribution < 1.29 is 0 Å². The van der Waals surface area contributed by atoms with Gasteiger partial charge in [0.25, 0.3) is 0 Å². The van der Waals surface area contributed by atoms with E-state index in [4.69, 9.17) is 0 Å². The lowest BCUT2D eigenvalue weighted by atomic mass is 10.2. The number of anilines is 1. The summed E-state index contributed by atoms with van der Waals surface area (Å²) < 4.78 is 1.74. The molecule has 2 heterocycles. The zero-order valence-electron chi connectivity index (χ0n) is 12.3. The Kier molecular flexibility index (Phi) is 4.94. The highest BCUT2D eigenvalue weighted by Crippen LogP contribution is 2.26. The number of hydrogen-bond donors (Lipinski definition) is 1. The smallest absolute Gasteiger partial charge is 0.192 e. The van der Waals surface area contributed by atoms with Crippen LogP contribution in [0.4, 0.5) is 5.82 Å². The van der Waals surface area contributed by atoms with Crippen LogP contribution in [0.1, 0.15) is 38.9 Å². The first-order chi connectivity index (χ1) is 9.60. The van der Waals surface area contributed by atoms with Gasteiger partial charge in [-0.3, -0.25) is 0 Å². The van der Waals surface area contributed by atoms with E-state index in [1.807, 2.05) is 13.1 Å². The summed E-state index contributed by atoms with van der Waals surface area (Å²) in [6.45, 7) is 7.22. The Balaban J connectivity index is 2.26. The second-order valence-electron chi connectivity index (χ2n) is 4.80. The van der Waals surface area contributed by atoms with Gasteiger partial charge in [0, 0.05) is 25.6 Å². The van der Waals surface area contributed by atoms with Crippen LogP contribution >= 0.6 is 11.8 Å². The molecule has 0 aliphatic rings. The molecule has 0 aliphatic heterocycles. The summed E-state index contributed by atoms with van der Waals surface area (Å²) in [4.78, 5) is 13.3. The SMILES string of the molecule is CCCNc1cc(Sc2ncnn2C)nc(C(C)C)n1. The molecule has 0 saturated heterocycles. The fourth-order valence-corrected chi connectivity index (χ4v) is 2.34. The molecule has 2 aromatic rings. The summed E-state index contributed by atoms with van der Waals surface area (Å²) in [5, 5.41) is 9.09. The zero-order chi connectivity index (χ0) is 14.5. The number of nitrogens with zero attached hydrogens (tertiary/aromatic N) is 5. The molecule has 0 amide bonds. The van der Waals surface area contributed by atoms with E-state index in [0.717, 1.165) is 34.8 Å². The number of nitrogens with one attached hydrogen (secondary N) is 1. The Morgan fingerprint density at radius 1 is 1.35 bits per heavy atom. The van der Waals surface area contributed by atoms with Gasteiger partial charge in [0.15, 0.2) is 5.16 Å². The minimum absolute atomic E-state index is 0.289. The fourth-order valence-electron chi connectivity index (χ4n) is 1.57. The Labute approximate surface area is 123 Å². The van der Waals surface area contributed by atoms with E-state index in [9.17, 15) is 0 Å². The summed E-state index contributed by atoms with van der Waals surface area (Å²) in [5.74, 6) is 2.00. The van der Waals surface area contributed by atoms with E-state index in [1.54, 1.807) is 11.0 Å². The summed E-state index contributed by atoms with van der Waals surface area (Å²) in [7, 11) is 1.87. The third-order valence-electron chi connectivity index (χ3n) is 2.66. The highest BCUT2D eigenvalue weighted by Gasteiger charge is 2.11. The number of aromatic nitrogens is 5. The molecule has 1 N–H and O–H groups in total. The van der Waals surface area contributed by atoms with Crippen molar-refractivity contribution in [2.45, 2.75) is 43.3 Å². The third-order valence-corrected chi connectivity index (χ3v) is 3.63. The molecule has 108 valence electrons. The van der Waals surface area contributed by atoms with Gasteiger partial charge in [-0.25, -0.2) is 19.6 Å². The van der Waals surface area contributed by atoms with Crippen LogP contribution in [0.25, 0.3) is 0 Å². The topological polar surface area (TPSA) is 68.5 Å². The van der Waals surface area contributed by atoms with E-state index < -0.39 is 0 Å². The van der Waals surface area contributed by atoms with Gasteiger partial charge in [0.2, 0.25) is 0 Å².